The van der Waals surface area contributed by atoms with Crippen molar-refractivity contribution in [2.24, 2.45) is 11.3 Å². The lowest BCUT2D eigenvalue weighted by molar-refractivity contribution is -0.156. The van der Waals surface area contributed by atoms with Gasteiger partial charge in [-0.3, -0.25) is 9.59 Å². The molecule has 0 amide bonds. The summed E-state index contributed by atoms with van der Waals surface area (Å²) < 4.78 is 0. The predicted molar refractivity (Wildman–Crippen MR) is 89.9 cm³/mol. The summed E-state index contributed by atoms with van der Waals surface area (Å²) in [7, 11) is 0. The van der Waals surface area contributed by atoms with Crippen molar-refractivity contribution >= 4 is 11.8 Å². The fourth-order valence-corrected chi connectivity index (χ4v) is 4.85. The SMILES string of the molecule is CC(C)c1ccc2c(c1)C(=O)C[C@H]1[C@](C)(C(=O)O)CCC[C@@]21C. The van der Waals surface area contributed by atoms with E-state index in [0.717, 1.165) is 24.0 Å². The fraction of sp³-hybridized carbons (Fsp3) is 0.600. The van der Waals surface area contributed by atoms with Gasteiger partial charge in [-0.15, -0.1) is 0 Å². The van der Waals surface area contributed by atoms with Crippen LogP contribution in [-0.2, 0) is 10.2 Å². The van der Waals surface area contributed by atoms with Gasteiger partial charge in [-0.2, -0.15) is 0 Å². The molecule has 0 radical (unpaired) electrons. The van der Waals surface area contributed by atoms with E-state index in [9.17, 15) is 14.7 Å². The minimum atomic E-state index is -0.808. The number of hydrogen-bond acceptors (Lipinski definition) is 2. The second kappa shape index (κ2) is 5.19. The van der Waals surface area contributed by atoms with Crippen LogP contribution in [0.1, 0.15) is 80.8 Å². The van der Waals surface area contributed by atoms with Crippen molar-refractivity contribution in [1.82, 2.24) is 0 Å². The van der Waals surface area contributed by atoms with E-state index in [1.54, 1.807) is 0 Å². The van der Waals surface area contributed by atoms with E-state index in [1.807, 2.05) is 13.0 Å². The summed E-state index contributed by atoms with van der Waals surface area (Å²) in [6.45, 7) is 8.25. The summed E-state index contributed by atoms with van der Waals surface area (Å²) in [4.78, 5) is 24.7. The molecule has 0 unspecified atom stereocenters. The van der Waals surface area contributed by atoms with Gasteiger partial charge in [-0.05, 0) is 54.2 Å². The molecule has 1 fully saturated rings. The summed E-state index contributed by atoms with van der Waals surface area (Å²) >= 11 is 0. The maximum Gasteiger partial charge on any atom is 0.309 e. The molecule has 3 rings (SSSR count). The molecule has 1 saturated carbocycles. The van der Waals surface area contributed by atoms with Crippen LogP contribution in [0.4, 0.5) is 0 Å². The van der Waals surface area contributed by atoms with Gasteiger partial charge in [0.05, 0.1) is 5.41 Å². The lowest BCUT2D eigenvalue weighted by Crippen LogP contribution is -2.53. The highest BCUT2D eigenvalue weighted by Crippen LogP contribution is 2.57. The average Bonchev–Trinajstić information content (AvgIpc) is 2.49. The van der Waals surface area contributed by atoms with Crippen LogP contribution in [-0.4, -0.2) is 16.9 Å². The Balaban J connectivity index is 2.16. The largest absolute Gasteiger partial charge is 0.481 e. The third kappa shape index (κ3) is 2.24. The molecule has 2 aliphatic rings. The molecule has 23 heavy (non-hydrogen) atoms. The van der Waals surface area contributed by atoms with Gasteiger partial charge in [-0.25, -0.2) is 0 Å². The van der Waals surface area contributed by atoms with Gasteiger partial charge in [0.15, 0.2) is 5.78 Å². The topological polar surface area (TPSA) is 54.4 Å². The number of ketones is 1. The van der Waals surface area contributed by atoms with E-state index >= 15 is 0 Å². The first-order valence-electron chi connectivity index (χ1n) is 8.61. The van der Waals surface area contributed by atoms with E-state index in [1.165, 1.54) is 5.56 Å². The Hall–Kier alpha value is -1.64. The van der Waals surface area contributed by atoms with E-state index in [2.05, 4.69) is 32.9 Å². The molecule has 0 aromatic heterocycles. The van der Waals surface area contributed by atoms with Crippen LogP contribution in [0.2, 0.25) is 0 Å². The van der Waals surface area contributed by atoms with Gasteiger partial charge < -0.3 is 5.11 Å². The maximum atomic E-state index is 12.8. The van der Waals surface area contributed by atoms with E-state index in [-0.39, 0.29) is 17.1 Å². The van der Waals surface area contributed by atoms with Crippen LogP contribution in [0.25, 0.3) is 0 Å². The molecule has 0 aliphatic heterocycles. The lowest BCUT2D eigenvalue weighted by Gasteiger charge is -2.53. The molecule has 0 bridgehead atoms. The number of fused-ring (bicyclic) bond motifs is 3. The summed E-state index contributed by atoms with van der Waals surface area (Å²) in [6, 6.07) is 6.23. The molecule has 2 aliphatic carbocycles. The van der Waals surface area contributed by atoms with Crippen LogP contribution in [0.15, 0.2) is 18.2 Å². The van der Waals surface area contributed by atoms with Crippen LogP contribution < -0.4 is 0 Å². The number of benzene rings is 1. The number of hydrogen-bond donors (Lipinski definition) is 1. The zero-order chi connectivity index (χ0) is 17.0. The molecular weight excluding hydrogens is 288 g/mol. The third-order valence-electron chi connectivity index (χ3n) is 6.43. The highest BCUT2D eigenvalue weighted by atomic mass is 16.4. The maximum absolute atomic E-state index is 12.8. The summed E-state index contributed by atoms with van der Waals surface area (Å²) in [5.41, 5.74) is 2.04. The van der Waals surface area contributed by atoms with Crippen LogP contribution >= 0.6 is 0 Å². The Morgan fingerprint density at radius 1 is 1.26 bits per heavy atom. The molecule has 1 aromatic rings. The molecule has 3 heteroatoms. The first-order chi connectivity index (χ1) is 10.7. The monoisotopic (exact) mass is 314 g/mol. The Morgan fingerprint density at radius 3 is 2.57 bits per heavy atom. The predicted octanol–water partition coefficient (Wildman–Crippen LogP) is 4.55. The number of carboxylic acids is 1. The van der Waals surface area contributed by atoms with Crippen molar-refractivity contribution in [3.8, 4) is 0 Å². The van der Waals surface area contributed by atoms with Crippen molar-refractivity contribution < 1.29 is 14.7 Å². The molecule has 0 spiro atoms. The Kier molecular flexibility index (Phi) is 3.66. The first-order valence-corrected chi connectivity index (χ1v) is 8.61. The average molecular weight is 314 g/mol. The molecule has 0 heterocycles. The normalized spacial score (nSPS) is 33.3. The smallest absolute Gasteiger partial charge is 0.309 e. The van der Waals surface area contributed by atoms with Gasteiger partial charge in [0.25, 0.3) is 0 Å². The standard InChI is InChI=1S/C20H26O3/c1-12(2)13-6-7-15-14(10-13)16(21)11-17-19(15,3)8-5-9-20(17,4)18(22)23/h6-7,10,12,17H,5,8-9,11H2,1-4H3,(H,22,23)/t17-,19+,20-/m1/s1. The van der Waals surface area contributed by atoms with Crippen molar-refractivity contribution in [2.45, 2.75) is 64.7 Å². The second-order valence-electron chi connectivity index (χ2n) is 8.13. The fourth-order valence-electron chi connectivity index (χ4n) is 4.85. The van der Waals surface area contributed by atoms with Crippen molar-refractivity contribution in [3.05, 3.63) is 34.9 Å². The zero-order valence-electron chi connectivity index (χ0n) is 14.5. The summed E-state index contributed by atoms with van der Waals surface area (Å²) in [5, 5.41) is 9.79. The minimum Gasteiger partial charge on any atom is -0.481 e. The summed E-state index contributed by atoms with van der Waals surface area (Å²) in [5.74, 6) is -0.386. The van der Waals surface area contributed by atoms with E-state index in [0.29, 0.717) is 18.8 Å². The zero-order valence-corrected chi connectivity index (χ0v) is 14.5. The number of Topliss-reactive ketones (excluding diaryl/α,β-unsaturated/α-hetero) is 1. The number of rotatable bonds is 2. The Bertz CT molecular complexity index is 675. The van der Waals surface area contributed by atoms with Crippen molar-refractivity contribution in [3.63, 3.8) is 0 Å². The first kappa shape index (κ1) is 16.2. The Labute approximate surface area is 138 Å². The Morgan fingerprint density at radius 2 is 1.96 bits per heavy atom. The van der Waals surface area contributed by atoms with Crippen LogP contribution in [0, 0.1) is 11.3 Å². The van der Waals surface area contributed by atoms with E-state index < -0.39 is 11.4 Å². The second-order valence-corrected chi connectivity index (χ2v) is 8.13. The summed E-state index contributed by atoms with van der Waals surface area (Å²) in [6.07, 6.45) is 2.88. The number of carboxylic acid groups (broad SMARTS) is 1. The number of aliphatic carboxylic acids is 1. The van der Waals surface area contributed by atoms with Crippen molar-refractivity contribution in [2.75, 3.05) is 0 Å². The highest BCUT2D eigenvalue weighted by Gasteiger charge is 2.56. The molecule has 1 aromatic carbocycles. The minimum absolute atomic E-state index is 0.111. The van der Waals surface area contributed by atoms with Gasteiger partial charge in [-0.1, -0.05) is 39.3 Å². The third-order valence-corrected chi connectivity index (χ3v) is 6.43. The molecule has 3 atom stereocenters. The molecule has 3 nitrogen and oxygen atoms in total. The molecule has 0 saturated heterocycles. The van der Waals surface area contributed by atoms with Gasteiger partial charge in [0.2, 0.25) is 0 Å². The van der Waals surface area contributed by atoms with Crippen LogP contribution in [0.5, 0.6) is 0 Å². The number of carbonyl (C=O) groups is 2. The van der Waals surface area contributed by atoms with Gasteiger partial charge >= 0.3 is 5.97 Å². The quantitative estimate of drug-likeness (QED) is 0.871. The highest BCUT2D eigenvalue weighted by molar-refractivity contribution is 6.00. The van der Waals surface area contributed by atoms with Crippen LogP contribution in [0.3, 0.4) is 0 Å². The number of carbonyl (C=O) groups excluding carboxylic acids is 1. The van der Waals surface area contributed by atoms with Gasteiger partial charge in [0.1, 0.15) is 0 Å². The van der Waals surface area contributed by atoms with Gasteiger partial charge in [0, 0.05) is 12.0 Å². The lowest BCUT2D eigenvalue weighted by atomic mass is 9.49. The van der Waals surface area contributed by atoms with E-state index in [4.69, 9.17) is 0 Å². The van der Waals surface area contributed by atoms with Crippen molar-refractivity contribution in [1.29, 1.82) is 0 Å². The molecule has 1 N–H and O–H groups in total. The molecular formula is C20H26O3. The molecule has 124 valence electrons.